The maximum absolute atomic E-state index is 11.8. The van der Waals surface area contributed by atoms with Crippen molar-refractivity contribution in [2.45, 2.75) is 12.8 Å². The van der Waals surface area contributed by atoms with Gasteiger partial charge in [0.05, 0.1) is 38.3 Å². The van der Waals surface area contributed by atoms with Gasteiger partial charge < -0.3 is 25.4 Å². The lowest BCUT2D eigenvalue weighted by Crippen LogP contribution is -2.37. The molecule has 0 fully saturated rings. The molecule has 0 spiro atoms. The number of halogens is 2. The fourth-order valence-electron chi connectivity index (χ4n) is 4.05. The van der Waals surface area contributed by atoms with Crippen LogP contribution < -0.4 is 25.4 Å². The summed E-state index contributed by atoms with van der Waals surface area (Å²) in [5, 5.41) is 10.0. The first-order valence-electron chi connectivity index (χ1n) is 11.4. The second kappa shape index (κ2) is 11.6. The van der Waals surface area contributed by atoms with Crippen molar-refractivity contribution in [3.05, 3.63) is 57.7 Å². The molecule has 4 rings (SSSR count). The molecule has 0 bridgehead atoms. The fraction of sp³-hybridized carbons (Fsp3) is 0.320. The Bertz CT molecular complexity index is 1260. The third kappa shape index (κ3) is 6.10. The summed E-state index contributed by atoms with van der Waals surface area (Å²) in [6.45, 7) is 1.98. The Morgan fingerprint density at radius 3 is 2.39 bits per heavy atom. The van der Waals surface area contributed by atoms with Crippen LogP contribution in [-0.2, 0) is 17.6 Å². The molecule has 190 valence electrons. The minimum absolute atomic E-state index is 0.0144. The third-order valence-electron chi connectivity index (χ3n) is 5.97. The molecular weight excluding hydrogens is 503 g/mol. The van der Waals surface area contributed by atoms with Crippen molar-refractivity contribution in [1.82, 2.24) is 20.2 Å². The van der Waals surface area contributed by atoms with E-state index < -0.39 is 0 Å². The number of nitrogens with zero attached hydrogens (tertiary/aromatic N) is 3. The van der Waals surface area contributed by atoms with Crippen LogP contribution in [-0.4, -0.2) is 61.7 Å². The zero-order valence-electron chi connectivity index (χ0n) is 20.3. The van der Waals surface area contributed by atoms with E-state index in [1.165, 1.54) is 17.3 Å². The lowest BCUT2D eigenvalue weighted by molar-refractivity contribution is -0.121. The zero-order chi connectivity index (χ0) is 25.7. The number of methoxy groups -OCH3 is 2. The number of rotatable bonds is 8. The summed E-state index contributed by atoms with van der Waals surface area (Å²) in [5.41, 5.74) is 3.75. The van der Waals surface area contributed by atoms with Crippen LogP contribution in [0.2, 0.25) is 10.0 Å². The molecule has 0 saturated heterocycles. The Morgan fingerprint density at radius 2 is 1.69 bits per heavy atom. The molecule has 2 aromatic carbocycles. The van der Waals surface area contributed by atoms with Crippen LogP contribution in [0.1, 0.15) is 11.1 Å². The molecule has 0 unspecified atom stereocenters. The first-order valence-corrected chi connectivity index (χ1v) is 12.2. The van der Waals surface area contributed by atoms with Gasteiger partial charge in [0.25, 0.3) is 0 Å². The number of nitrogens with one attached hydrogen (secondary N) is 3. The van der Waals surface area contributed by atoms with E-state index in [1.807, 2.05) is 6.07 Å². The highest BCUT2D eigenvalue weighted by molar-refractivity contribution is 6.33. The van der Waals surface area contributed by atoms with Crippen molar-refractivity contribution in [2.24, 2.45) is 0 Å². The first kappa shape index (κ1) is 25.8. The second-order valence-corrected chi connectivity index (χ2v) is 9.10. The van der Waals surface area contributed by atoms with E-state index in [1.54, 1.807) is 39.5 Å². The van der Waals surface area contributed by atoms with Crippen LogP contribution in [0.3, 0.4) is 0 Å². The number of benzene rings is 2. The Kier molecular flexibility index (Phi) is 8.35. The maximum atomic E-state index is 11.8. The fourth-order valence-corrected chi connectivity index (χ4v) is 4.36. The van der Waals surface area contributed by atoms with Crippen molar-refractivity contribution in [1.29, 1.82) is 0 Å². The molecular formula is C25H28Cl2N6O3. The molecule has 0 radical (unpaired) electrons. The lowest BCUT2D eigenvalue weighted by atomic mass is 10.0. The van der Waals surface area contributed by atoms with E-state index in [0.717, 1.165) is 31.6 Å². The minimum atomic E-state index is 0.0144. The predicted octanol–water partition coefficient (Wildman–Crippen LogP) is 4.43. The van der Waals surface area contributed by atoms with Gasteiger partial charge in [0.15, 0.2) is 5.82 Å². The van der Waals surface area contributed by atoms with Crippen LogP contribution >= 0.6 is 23.2 Å². The molecule has 0 atom stereocenters. The monoisotopic (exact) mass is 530 g/mol. The molecule has 1 aliphatic heterocycles. The highest BCUT2D eigenvalue weighted by Crippen LogP contribution is 2.35. The first-order chi connectivity index (χ1) is 17.4. The number of hydrogen-bond donors (Lipinski definition) is 3. The van der Waals surface area contributed by atoms with Crippen LogP contribution in [0.25, 0.3) is 0 Å². The number of ether oxygens (including phenoxy) is 2. The summed E-state index contributed by atoms with van der Waals surface area (Å²) < 4.78 is 11.1. The topological polar surface area (TPSA) is 101 Å². The molecule has 9 nitrogen and oxygen atoms in total. The van der Waals surface area contributed by atoms with E-state index in [2.05, 4.69) is 36.9 Å². The van der Waals surface area contributed by atoms with Crippen molar-refractivity contribution in [3.63, 3.8) is 0 Å². The molecule has 1 aromatic heterocycles. The maximum Gasteiger partial charge on any atom is 0.233 e. The SMILES string of the molecule is CNC(=O)CN1CCc2cc(Nc3ncc(Cl)c(Nc4cc(Cl)ccc4OC)n3)c(OC)cc2CC1. The molecule has 2 heterocycles. The van der Waals surface area contributed by atoms with Crippen molar-refractivity contribution in [3.8, 4) is 11.5 Å². The Morgan fingerprint density at radius 1 is 1.00 bits per heavy atom. The number of likely N-dealkylation sites (N-methyl/N-ethyl adjacent to an activating group) is 1. The standard InChI is InChI=1S/C25H28Cl2N6O3/c1-28-23(34)14-33-8-6-15-10-19(22(36-3)11-16(15)7-9-33)31-25-29-13-18(27)24(32-25)30-20-12-17(26)4-5-21(20)35-2/h4-5,10-13H,6-9,14H2,1-3H3,(H,28,34)(H2,29,30,31,32). The average Bonchev–Trinajstić information content (AvgIpc) is 3.07. The van der Waals surface area contributed by atoms with Crippen LogP contribution in [0.15, 0.2) is 36.5 Å². The summed E-state index contributed by atoms with van der Waals surface area (Å²) in [5.74, 6) is 2.03. The third-order valence-corrected chi connectivity index (χ3v) is 6.48. The van der Waals surface area contributed by atoms with Crippen molar-refractivity contribution < 1.29 is 14.3 Å². The average molecular weight is 531 g/mol. The van der Waals surface area contributed by atoms with E-state index >= 15 is 0 Å². The van der Waals surface area contributed by atoms with Gasteiger partial charge in [-0.05, 0) is 54.3 Å². The molecule has 0 aliphatic carbocycles. The van der Waals surface area contributed by atoms with E-state index in [-0.39, 0.29) is 5.91 Å². The lowest BCUT2D eigenvalue weighted by Gasteiger charge is -2.18. The van der Waals surface area contributed by atoms with Gasteiger partial charge in [0.1, 0.15) is 16.5 Å². The van der Waals surface area contributed by atoms with E-state index in [9.17, 15) is 4.79 Å². The summed E-state index contributed by atoms with van der Waals surface area (Å²) in [7, 11) is 4.86. The van der Waals surface area contributed by atoms with Gasteiger partial charge in [0.2, 0.25) is 11.9 Å². The molecule has 1 amide bonds. The van der Waals surface area contributed by atoms with E-state index in [4.69, 9.17) is 32.7 Å². The van der Waals surface area contributed by atoms with Gasteiger partial charge in [-0.3, -0.25) is 9.69 Å². The number of aromatic nitrogens is 2. The van der Waals surface area contributed by atoms with Crippen LogP contribution in [0.4, 0.5) is 23.1 Å². The van der Waals surface area contributed by atoms with Gasteiger partial charge in [-0.15, -0.1) is 0 Å². The number of anilines is 4. The van der Waals surface area contributed by atoms with Gasteiger partial charge >= 0.3 is 0 Å². The van der Waals surface area contributed by atoms with Gasteiger partial charge in [0, 0.05) is 25.2 Å². The molecule has 0 saturated carbocycles. The van der Waals surface area contributed by atoms with Crippen molar-refractivity contribution in [2.75, 3.05) is 51.5 Å². The highest BCUT2D eigenvalue weighted by atomic mass is 35.5. The van der Waals surface area contributed by atoms with Crippen LogP contribution in [0.5, 0.6) is 11.5 Å². The number of hydrogen-bond acceptors (Lipinski definition) is 8. The number of fused-ring (bicyclic) bond motifs is 1. The second-order valence-electron chi connectivity index (χ2n) is 8.26. The summed E-state index contributed by atoms with van der Waals surface area (Å²) >= 11 is 12.5. The zero-order valence-corrected chi connectivity index (χ0v) is 21.8. The molecule has 11 heteroatoms. The van der Waals surface area contributed by atoms with E-state index in [0.29, 0.717) is 45.5 Å². The highest BCUT2D eigenvalue weighted by Gasteiger charge is 2.19. The van der Waals surface area contributed by atoms with Gasteiger partial charge in [-0.2, -0.15) is 4.98 Å². The molecule has 3 N–H and O–H groups in total. The number of carbonyl (C=O) groups excluding carboxylic acids is 1. The largest absolute Gasteiger partial charge is 0.495 e. The predicted molar refractivity (Wildman–Crippen MR) is 143 cm³/mol. The minimum Gasteiger partial charge on any atom is -0.495 e. The molecule has 36 heavy (non-hydrogen) atoms. The summed E-state index contributed by atoms with van der Waals surface area (Å²) in [6.07, 6.45) is 3.16. The Labute approximate surface area is 220 Å². The Balaban J connectivity index is 1.57. The summed E-state index contributed by atoms with van der Waals surface area (Å²) in [6, 6.07) is 9.32. The molecule has 3 aromatic rings. The quantitative estimate of drug-likeness (QED) is 0.393. The smallest absolute Gasteiger partial charge is 0.233 e. The summed E-state index contributed by atoms with van der Waals surface area (Å²) in [4.78, 5) is 22.9. The van der Waals surface area contributed by atoms with Gasteiger partial charge in [-0.25, -0.2) is 4.98 Å². The molecule has 1 aliphatic rings. The van der Waals surface area contributed by atoms with Crippen molar-refractivity contribution >= 4 is 52.3 Å². The normalized spacial score (nSPS) is 13.4. The van der Waals surface area contributed by atoms with Crippen LogP contribution in [0, 0.1) is 0 Å². The number of carbonyl (C=O) groups is 1. The Hall–Kier alpha value is -3.27. The number of amides is 1. The van der Waals surface area contributed by atoms with Gasteiger partial charge in [-0.1, -0.05) is 23.2 Å².